The van der Waals surface area contributed by atoms with E-state index in [1.807, 2.05) is 12.1 Å². The standard InChI is InChI=1S/C16H13ClN2O2S/c17-12-6-1-2-7-13(12)19-15(20)9-14(16(19)21)22-11-5-3-4-10(18)8-11/h1-8,14H,9,18H2. The smallest absolute Gasteiger partial charge is 0.247 e. The summed E-state index contributed by atoms with van der Waals surface area (Å²) >= 11 is 7.44. The molecule has 1 fully saturated rings. The Hall–Kier alpha value is -1.98. The lowest BCUT2D eigenvalue weighted by Crippen LogP contribution is -2.31. The monoisotopic (exact) mass is 332 g/mol. The maximum atomic E-state index is 12.6. The minimum Gasteiger partial charge on any atom is -0.399 e. The van der Waals surface area contributed by atoms with Gasteiger partial charge in [-0.3, -0.25) is 9.59 Å². The van der Waals surface area contributed by atoms with E-state index < -0.39 is 5.25 Å². The van der Waals surface area contributed by atoms with Crippen LogP contribution in [-0.2, 0) is 9.59 Å². The van der Waals surface area contributed by atoms with Gasteiger partial charge >= 0.3 is 0 Å². The third kappa shape index (κ3) is 2.82. The Morgan fingerprint density at radius 2 is 1.91 bits per heavy atom. The number of rotatable bonds is 3. The van der Waals surface area contributed by atoms with Crippen LogP contribution < -0.4 is 10.6 Å². The van der Waals surface area contributed by atoms with Gasteiger partial charge in [0.2, 0.25) is 11.8 Å². The molecule has 1 aliphatic rings. The summed E-state index contributed by atoms with van der Waals surface area (Å²) < 4.78 is 0. The summed E-state index contributed by atoms with van der Waals surface area (Å²) in [4.78, 5) is 26.8. The van der Waals surface area contributed by atoms with E-state index in [2.05, 4.69) is 0 Å². The van der Waals surface area contributed by atoms with Gasteiger partial charge in [0.15, 0.2) is 0 Å². The van der Waals surface area contributed by atoms with Crippen LogP contribution in [0, 0.1) is 0 Å². The molecule has 2 N–H and O–H groups in total. The van der Waals surface area contributed by atoms with Crippen LogP contribution in [0.1, 0.15) is 6.42 Å². The van der Waals surface area contributed by atoms with Crippen molar-refractivity contribution in [3.05, 3.63) is 53.6 Å². The molecular weight excluding hydrogens is 320 g/mol. The van der Waals surface area contributed by atoms with E-state index in [1.54, 1.807) is 36.4 Å². The zero-order chi connectivity index (χ0) is 15.7. The highest BCUT2D eigenvalue weighted by atomic mass is 35.5. The summed E-state index contributed by atoms with van der Waals surface area (Å²) in [7, 11) is 0. The first-order valence-corrected chi connectivity index (χ1v) is 7.95. The van der Waals surface area contributed by atoms with Crippen molar-refractivity contribution in [1.29, 1.82) is 0 Å². The van der Waals surface area contributed by atoms with Gasteiger partial charge in [0.1, 0.15) is 0 Å². The van der Waals surface area contributed by atoms with E-state index in [4.69, 9.17) is 17.3 Å². The zero-order valence-electron chi connectivity index (χ0n) is 11.5. The van der Waals surface area contributed by atoms with Crippen LogP contribution in [0.25, 0.3) is 0 Å². The Balaban J connectivity index is 1.84. The van der Waals surface area contributed by atoms with Gasteiger partial charge in [-0.25, -0.2) is 4.90 Å². The van der Waals surface area contributed by atoms with Gasteiger partial charge in [-0.05, 0) is 30.3 Å². The molecule has 6 heteroatoms. The Bertz CT molecular complexity index is 750. The highest BCUT2D eigenvalue weighted by molar-refractivity contribution is 8.00. The van der Waals surface area contributed by atoms with Crippen LogP contribution in [0.3, 0.4) is 0 Å². The molecule has 2 aromatic rings. The molecule has 1 unspecified atom stereocenters. The predicted octanol–water partition coefficient (Wildman–Crippen LogP) is 3.35. The van der Waals surface area contributed by atoms with Gasteiger partial charge in [0, 0.05) is 17.0 Å². The topological polar surface area (TPSA) is 63.4 Å². The normalized spacial score (nSPS) is 18.0. The van der Waals surface area contributed by atoms with Crippen molar-refractivity contribution in [3.8, 4) is 0 Å². The number of carbonyl (C=O) groups is 2. The lowest BCUT2D eigenvalue weighted by atomic mass is 10.3. The van der Waals surface area contributed by atoms with Crippen molar-refractivity contribution in [2.45, 2.75) is 16.6 Å². The number of thioether (sulfide) groups is 1. The number of carbonyl (C=O) groups excluding carboxylic acids is 2. The van der Waals surface area contributed by atoms with Crippen LogP contribution in [0.2, 0.25) is 5.02 Å². The number of imide groups is 1. The van der Waals surface area contributed by atoms with E-state index in [-0.39, 0.29) is 18.2 Å². The fourth-order valence-electron chi connectivity index (χ4n) is 2.33. The first-order chi connectivity index (χ1) is 10.6. The molecule has 4 nitrogen and oxygen atoms in total. The molecule has 2 aromatic carbocycles. The fraction of sp³-hybridized carbons (Fsp3) is 0.125. The molecule has 1 aliphatic heterocycles. The zero-order valence-corrected chi connectivity index (χ0v) is 13.1. The van der Waals surface area contributed by atoms with Crippen LogP contribution in [0.15, 0.2) is 53.4 Å². The van der Waals surface area contributed by atoms with E-state index in [0.717, 1.165) is 4.90 Å². The molecule has 0 aliphatic carbocycles. The molecule has 1 saturated heterocycles. The van der Waals surface area contributed by atoms with Crippen molar-refractivity contribution < 1.29 is 9.59 Å². The van der Waals surface area contributed by atoms with Crippen LogP contribution in [0.5, 0.6) is 0 Å². The highest BCUT2D eigenvalue weighted by Crippen LogP contribution is 2.36. The lowest BCUT2D eigenvalue weighted by Gasteiger charge is -2.16. The van der Waals surface area contributed by atoms with Crippen LogP contribution in [0.4, 0.5) is 11.4 Å². The maximum absolute atomic E-state index is 12.6. The minimum atomic E-state index is -0.453. The minimum absolute atomic E-state index is 0.156. The molecule has 3 rings (SSSR count). The second kappa shape index (κ2) is 6.02. The molecule has 112 valence electrons. The SMILES string of the molecule is Nc1cccc(SC2CC(=O)N(c3ccccc3Cl)C2=O)c1. The first kappa shape index (κ1) is 14.9. The number of nitrogen functional groups attached to an aromatic ring is 1. The number of anilines is 2. The van der Waals surface area contributed by atoms with E-state index in [9.17, 15) is 9.59 Å². The number of benzene rings is 2. The van der Waals surface area contributed by atoms with E-state index >= 15 is 0 Å². The summed E-state index contributed by atoms with van der Waals surface area (Å²) in [5, 5.41) is -0.0654. The lowest BCUT2D eigenvalue weighted by molar-refractivity contribution is -0.121. The third-order valence-electron chi connectivity index (χ3n) is 3.34. The summed E-state index contributed by atoms with van der Waals surface area (Å²) in [5.74, 6) is -0.481. The summed E-state index contributed by atoms with van der Waals surface area (Å²) in [6.07, 6.45) is 0.156. The Labute approximate surface area is 137 Å². The third-order valence-corrected chi connectivity index (χ3v) is 4.83. The average Bonchev–Trinajstić information content (AvgIpc) is 2.74. The van der Waals surface area contributed by atoms with Gasteiger partial charge in [-0.15, -0.1) is 11.8 Å². The Morgan fingerprint density at radius 1 is 1.14 bits per heavy atom. The number of hydrogen-bond acceptors (Lipinski definition) is 4. The summed E-state index contributed by atoms with van der Waals surface area (Å²) in [6, 6.07) is 14.1. The van der Waals surface area contributed by atoms with Crippen LogP contribution >= 0.6 is 23.4 Å². The first-order valence-electron chi connectivity index (χ1n) is 6.70. The molecule has 0 saturated carbocycles. The molecule has 0 radical (unpaired) electrons. The van der Waals surface area contributed by atoms with Gasteiger partial charge in [-0.2, -0.15) is 0 Å². The number of hydrogen-bond donors (Lipinski definition) is 1. The van der Waals surface area contributed by atoms with Crippen molar-refractivity contribution in [3.63, 3.8) is 0 Å². The largest absolute Gasteiger partial charge is 0.399 e. The van der Waals surface area contributed by atoms with Crippen molar-refractivity contribution in [1.82, 2.24) is 0 Å². The molecule has 0 aromatic heterocycles. The fourth-order valence-corrected chi connectivity index (χ4v) is 3.68. The van der Waals surface area contributed by atoms with E-state index in [0.29, 0.717) is 16.4 Å². The molecule has 0 spiro atoms. The van der Waals surface area contributed by atoms with Crippen molar-refractivity contribution >= 4 is 46.6 Å². The quantitative estimate of drug-likeness (QED) is 0.691. The summed E-state index contributed by atoms with van der Waals surface area (Å²) in [5.41, 5.74) is 6.81. The number of nitrogens with zero attached hydrogens (tertiary/aromatic N) is 1. The second-order valence-corrected chi connectivity index (χ2v) is 6.59. The average molecular weight is 333 g/mol. The molecular formula is C16H13ClN2O2S. The molecule has 2 amide bonds. The maximum Gasteiger partial charge on any atom is 0.247 e. The number of halogens is 1. The number of nitrogens with two attached hydrogens (primary N) is 1. The number of amides is 2. The van der Waals surface area contributed by atoms with Gasteiger partial charge in [0.25, 0.3) is 0 Å². The molecule has 1 atom stereocenters. The number of para-hydroxylation sites is 1. The Morgan fingerprint density at radius 3 is 2.64 bits per heavy atom. The van der Waals surface area contributed by atoms with E-state index in [1.165, 1.54) is 16.7 Å². The summed E-state index contributed by atoms with van der Waals surface area (Å²) in [6.45, 7) is 0. The molecule has 0 bridgehead atoms. The Kier molecular flexibility index (Phi) is 4.09. The highest BCUT2D eigenvalue weighted by Gasteiger charge is 2.40. The predicted molar refractivity (Wildman–Crippen MR) is 89.1 cm³/mol. The second-order valence-electron chi connectivity index (χ2n) is 4.90. The van der Waals surface area contributed by atoms with Gasteiger partial charge < -0.3 is 5.73 Å². The van der Waals surface area contributed by atoms with Crippen LogP contribution in [-0.4, -0.2) is 17.1 Å². The van der Waals surface area contributed by atoms with Gasteiger partial charge in [-0.1, -0.05) is 29.8 Å². The molecule has 1 heterocycles. The van der Waals surface area contributed by atoms with Crippen molar-refractivity contribution in [2.75, 3.05) is 10.6 Å². The molecule has 22 heavy (non-hydrogen) atoms. The van der Waals surface area contributed by atoms with Gasteiger partial charge in [0.05, 0.1) is 16.0 Å². The van der Waals surface area contributed by atoms with Crippen molar-refractivity contribution in [2.24, 2.45) is 0 Å².